The van der Waals surface area contributed by atoms with Gasteiger partial charge in [-0.1, -0.05) is 12.1 Å². The zero-order valence-corrected chi connectivity index (χ0v) is 13.6. The molecule has 1 atom stereocenters. The fourth-order valence-electron chi connectivity index (χ4n) is 2.39. The smallest absolute Gasteiger partial charge is 0.504 e. The first-order valence-corrected chi connectivity index (χ1v) is 6.50. The number of piperazine rings is 1. The molecule has 23 heavy (non-hydrogen) atoms. The molecule has 2 rings (SSSR count). The van der Waals surface area contributed by atoms with Crippen molar-refractivity contribution in [2.24, 2.45) is 0 Å². The van der Waals surface area contributed by atoms with E-state index in [4.69, 9.17) is 0 Å². The highest BCUT2D eigenvalue weighted by Crippen LogP contribution is 2.38. The van der Waals surface area contributed by atoms with Gasteiger partial charge < -0.3 is 15.2 Å². The lowest BCUT2D eigenvalue weighted by atomic mass is 10.0. The van der Waals surface area contributed by atoms with Gasteiger partial charge in [0.25, 0.3) is 0 Å². The molecule has 1 aromatic carbocycles. The molecule has 0 spiro atoms. The molecule has 1 heterocycles. The Bertz CT molecular complexity index is 486. The molecular formula is C13H18Cl2F4N2O2. The van der Waals surface area contributed by atoms with E-state index in [9.17, 15) is 22.7 Å². The van der Waals surface area contributed by atoms with Gasteiger partial charge in [-0.05, 0) is 6.07 Å². The highest BCUT2D eigenvalue weighted by Gasteiger charge is 2.34. The van der Waals surface area contributed by atoms with Gasteiger partial charge in [0.2, 0.25) is 0 Å². The Kier molecular flexibility index (Phi) is 8.97. The van der Waals surface area contributed by atoms with Crippen LogP contribution in [-0.4, -0.2) is 49.2 Å². The van der Waals surface area contributed by atoms with E-state index < -0.39 is 30.6 Å². The summed E-state index contributed by atoms with van der Waals surface area (Å²) in [5.74, 6) is -1.38. The number of aromatic hydroxyl groups is 1. The van der Waals surface area contributed by atoms with Gasteiger partial charge in [-0.2, -0.15) is 0 Å². The minimum absolute atomic E-state index is 0. The van der Waals surface area contributed by atoms with Gasteiger partial charge in [0.05, 0.1) is 6.04 Å². The predicted molar refractivity (Wildman–Crippen MR) is 82.4 cm³/mol. The van der Waals surface area contributed by atoms with Gasteiger partial charge in [-0.15, -0.1) is 38.0 Å². The molecular weight excluding hydrogens is 363 g/mol. The van der Waals surface area contributed by atoms with Crippen LogP contribution in [0.25, 0.3) is 0 Å². The van der Waals surface area contributed by atoms with Crippen LogP contribution in [0.2, 0.25) is 0 Å². The number of hydrogen-bond acceptors (Lipinski definition) is 4. The van der Waals surface area contributed by atoms with E-state index >= 15 is 0 Å². The third-order valence-corrected chi connectivity index (χ3v) is 3.35. The molecule has 1 saturated heterocycles. The van der Waals surface area contributed by atoms with Crippen molar-refractivity contribution in [1.29, 1.82) is 0 Å². The largest absolute Gasteiger partial charge is 0.573 e. The van der Waals surface area contributed by atoms with Gasteiger partial charge in [0.1, 0.15) is 6.67 Å². The second-order valence-electron chi connectivity index (χ2n) is 4.70. The number of phenolic OH excluding ortho intramolecular Hbond substituents is 1. The van der Waals surface area contributed by atoms with Crippen LogP contribution in [0.15, 0.2) is 18.2 Å². The Labute approximate surface area is 143 Å². The van der Waals surface area contributed by atoms with Crippen LogP contribution in [0.3, 0.4) is 0 Å². The molecule has 4 nitrogen and oxygen atoms in total. The van der Waals surface area contributed by atoms with Crippen LogP contribution in [0.5, 0.6) is 11.5 Å². The number of rotatable bonds is 4. The highest BCUT2D eigenvalue weighted by molar-refractivity contribution is 5.85. The number of para-hydroxylation sites is 1. The summed E-state index contributed by atoms with van der Waals surface area (Å²) < 4.78 is 53.9. The molecule has 1 aliphatic rings. The molecule has 0 aliphatic carbocycles. The predicted octanol–water partition coefficient (Wildman–Crippen LogP) is 3.05. The van der Waals surface area contributed by atoms with Gasteiger partial charge >= 0.3 is 6.36 Å². The molecule has 0 radical (unpaired) electrons. The second kappa shape index (κ2) is 9.36. The first-order valence-electron chi connectivity index (χ1n) is 6.50. The monoisotopic (exact) mass is 380 g/mol. The van der Waals surface area contributed by atoms with Gasteiger partial charge in [0.15, 0.2) is 11.5 Å². The van der Waals surface area contributed by atoms with Crippen LogP contribution >= 0.6 is 24.8 Å². The van der Waals surface area contributed by atoms with E-state index in [1.165, 1.54) is 12.1 Å². The van der Waals surface area contributed by atoms with Crippen LogP contribution < -0.4 is 10.1 Å². The number of hydrogen-bond donors (Lipinski definition) is 2. The SMILES string of the molecule is Cl.Cl.Oc1c(OC(F)(F)F)cccc1[C@@H](CF)N1CCNCC1. The van der Waals surface area contributed by atoms with E-state index in [0.29, 0.717) is 26.2 Å². The quantitative estimate of drug-likeness (QED) is 0.788. The lowest BCUT2D eigenvalue weighted by Crippen LogP contribution is -2.45. The zero-order valence-electron chi connectivity index (χ0n) is 12.0. The number of benzene rings is 1. The van der Waals surface area contributed by atoms with Crippen molar-refractivity contribution in [3.05, 3.63) is 23.8 Å². The second-order valence-corrected chi connectivity index (χ2v) is 4.70. The van der Waals surface area contributed by atoms with E-state index in [0.717, 1.165) is 6.07 Å². The van der Waals surface area contributed by atoms with Gasteiger partial charge in [0, 0.05) is 31.7 Å². The van der Waals surface area contributed by atoms with Crippen molar-refractivity contribution in [2.45, 2.75) is 12.4 Å². The van der Waals surface area contributed by atoms with Crippen molar-refractivity contribution in [2.75, 3.05) is 32.9 Å². The van der Waals surface area contributed by atoms with Crippen molar-refractivity contribution in [1.82, 2.24) is 10.2 Å². The first-order chi connectivity index (χ1) is 9.92. The maximum atomic E-state index is 13.3. The lowest BCUT2D eigenvalue weighted by molar-refractivity contribution is -0.275. The van der Waals surface area contributed by atoms with Crippen molar-refractivity contribution in [3.8, 4) is 11.5 Å². The maximum absolute atomic E-state index is 13.3. The molecule has 1 fully saturated rings. The molecule has 2 N–H and O–H groups in total. The summed E-state index contributed by atoms with van der Waals surface area (Å²) in [5, 5.41) is 13.1. The molecule has 0 unspecified atom stereocenters. The number of ether oxygens (including phenoxy) is 1. The minimum Gasteiger partial charge on any atom is -0.504 e. The normalized spacial score (nSPS) is 16.9. The molecule has 0 aromatic heterocycles. The van der Waals surface area contributed by atoms with Crippen LogP contribution in [0.4, 0.5) is 17.6 Å². The summed E-state index contributed by atoms with van der Waals surface area (Å²) >= 11 is 0. The zero-order chi connectivity index (χ0) is 15.5. The fraction of sp³-hybridized carbons (Fsp3) is 0.538. The van der Waals surface area contributed by atoms with Crippen molar-refractivity contribution in [3.63, 3.8) is 0 Å². The van der Waals surface area contributed by atoms with E-state index in [1.807, 2.05) is 0 Å². The van der Waals surface area contributed by atoms with E-state index in [-0.39, 0.29) is 30.4 Å². The Hall–Kier alpha value is -0.960. The standard InChI is InChI=1S/C13H16F4N2O2.2ClH/c14-8-10(19-6-4-18-5-7-19)9-2-1-3-11(12(9)20)21-13(15,16)17;;/h1-3,10,18,20H,4-8H2;2*1H/t10-;;/m1../s1. The van der Waals surface area contributed by atoms with Gasteiger partial charge in [-0.3, -0.25) is 4.90 Å². The molecule has 10 heteroatoms. The van der Waals surface area contributed by atoms with E-state index in [2.05, 4.69) is 10.1 Å². The number of nitrogens with zero attached hydrogens (tertiary/aromatic N) is 1. The summed E-state index contributed by atoms with van der Waals surface area (Å²) in [6, 6.07) is 2.93. The highest BCUT2D eigenvalue weighted by atomic mass is 35.5. The Morgan fingerprint density at radius 2 is 1.83 bits per heavy atom. The Balaban J connectivity index is 0.00000242. The average molecular weight is 381 g/mol. The number of halogens is 6. The first kappa shape index (κ1) is 22.0. The summed E-state index contributed by atoms with van der Waals surface area (Å²) in [4.78, 5) is 1.78. The van der Waals surface area contributed by atoms with Crippen molar-refractivity contribution >= 4 is 24.8 Å². The summed E-state index contributed by atoms with van der Waals surface area (Å²) in [6.45, 7) is 1.63. The van der Waals surface area contributed by atoms with Crippen LogP contribution in [0.1, 0.15) is 11.6 Å². The molecule has 1 aromatic rings. The third-order valence-electron chi connectivity index (χ3n) is 3.35. The summed E-state index contributed by atoms with van der Waals surface area (Å²) in [7, 11) is 0. The topological polar surface area (TPSA) is 44.7 Å². The maximum Gasteiger partial charge on any atom is 0.573 e. The third kappa shape index (κ3) is 5.87. The number of phenols is 1. The summed E-state index contributed by atoms with van der Waals surface area (Å²) in [5.41, 5.74) is 0.0983. The average Bonchev–Trinajstić information content (AvgIpc) is 2.43. The number of alkyl halides is 4. The van der Waals surface area contributed by atoms with E-state index in [1.54, 1.807) is 4.90 Å². The molecule has 0 amide bonds. The molecule has 1 aliphatic heterocycles. The van der Waals surface area contributed by atoms with Crippen molar-refractivity contribution < 1.29 is 27.4 Å². The Morgan fingerprint density at radius 1 is 1.22 bits per heavy atom. The number of nitrogens with one attached hydrogen (secondary N) is 1. The van der Waals surface area contributed by atoms with Gasteiger partial charge in [-0.25, -0.2) is 4.39 Å². The fourth-order valence-corrected chi connectivity index (χ4v) is 2.39. The molecule has 134 valence electrons. The Morgan fingerprint density at radius 3 is 2.35 bits per heavy atom. The van der Waals surface area contributed by atoms with Crippen LogP contribution in [0, 0.1) is 0 Å². The molecule has 0 saturated carbocycles. The van der Waals surface area contributed by atoms with Crippen LogP contribution in [-0.2, 0) is 0 Å². The minimum atomic E-state index is -4.91. The lowest BCUT2D eigenvalue weighted by Gasteiger charge is -2.34. The summed E-state index contributed by atoms with van der Waals surface area (Å²) in [6.07, 6.45) is -4.91. The molecule has 0 bridgehead atoms.